The number of hydrogen-bond acceptors (Lipinski definition) is 5. The van der Waals surface area contributed by atoms with Gasteiger partial charge in [0.05, 0.1) is 5.60 Å². The average molecular weight is 358 g/mol. The van der Waals surface area contributed by atoms with E-state index in [4.69, 9.17) is 5.21 Å². The van der Waals surface area contributed by atoms with Crippen molar-refractivity contribution in [1.29, 1.82) is 0 Å². The van der Waals surface area contributed by atoms with Gasteiger partial charge in [-0.1, -0.05) is 11.8 Å². The molecule has 2 amide bonds. The molecule has 7 heteroatoms. The van der Waals surface area contributed by atoms with E-state index < -0.39 is 23.5 Å². The standard InChI is InChI=1S/C18H18N2O4S/c1-18(2,23)15(17(22)20-24)19-16(21)14-7-5-12(6-8-14)3-4-13-9-10-25-11-13/h5-11,15,23-24H,1-2H3,(H,19,21)(H,20,22). The second-order valence-electron chi connectivity index (χ2n) is 5.88. The Morgan fingerprint density at radius 2 is 1.76 bits per heavy atom. The van der Waals surface area contributed by atoms with Crippen LogP contribution in [0.1, 0.15) is 35.3 Å². The van der Waals surface area contributed by atoms with Gasteiger partial charge in [0.1, 0.15) is 6.04 Å². The number of hydrogen-bond donors (Lipinski definition) is 4. The first-order valence-corrected chi connectivity index (χ1v) is 8.37. The van der Waals surface area contributed by atoms with E-state index in [0.717, 1.165) is 11.1 Å². The second-order valence-corrected chi connectivity index (χ2v) is 6.66. The molecule has 1 heterocycles. The van der Waals surface area contributed by atoms with Gasteiger partial charge in [0, 0.05) is 22.1 Å². The zero-order valence-corrected chi connectivity index (χ0v) is 14.6. The van der Waals surface area contributed by atoms with E-state index in [0.29, 0.717) is 5.56 Å². The van der Waals surface area contributed by atoms with Gasteiger partial charge in [0.15, 0.2) is 0 Å². The zero-order valence-electron chi connectivity index (χ0n) is 13.7. The Hall–Kier alpha value is -2.66. The van der Waals surface area contributed by atoms with Crippen LogP contribution in [-0.2, 0) is 4.79 Å². The van der Waals surface area contributed by atoms with Crippen LogP contribution in [0.4, 0.5) is 0 Å². The van der Waals surface area contributed by atoms with Crippen LogP contribution in [0.25, 0.3) is 0 Å². The maximum atomic E-state index is 12.3. The number of benzene rings is 1. The van der Waals surface area contributed by atoms with Crippen molar-refractivity contribution in [3.63, 3.8) is 0 Å². The van der Waals surface area contributed by atoms with Crippen molar-refractivity contribution in [2.45, 2.75) is 25.5 Å². The predicted molar refractivity (Wildman–Crippen MR) is 94.2 cm³/mol. The largest absolute Gasteiger partial charge is 0.388 e. The molecule has 0 spiro atoms. The second kappa shape index (κ2) is 7.94. The van der Waals surface area contributed by atoms with Crippen molar-refractivity contribution in [1.82, 2.24) is 10.8 Å². The number of aliphatic hydroxyl groups is 1. The highest BCUT2D eigenvalue weighted by molar-refractivity contribution is 7.08. The Kier molecular flexibility index (Phi) is 5.93. The van der Waals surface area contributed by atoms with E-state index in [9.17, 15) is 14.7 Å². The molecule has 1 atom stereocenters. The molecule has 0 aliphatic rings. The molecule has 6 nitrogen and oxygen atoms in total. The third-order valence-electron chi connectivity index (χ3n) is 3.37. The first kappa shape index (κ1) is 18.7. The molecular weight excluding hydrogens is 340 g/mol. The Bertz CT molecular complexity index is 796. The maximum absolute atomic E-state index is 12.3. The van der Waals surface area contributed by atoms with Crippen molar-refractivity contribution in [3.05, 3.63) is 57.8 Å². The van der Waals surface area contributed by atoms with Crippen LogP contribution in [0.2, 0.25) is 0 Å². The summed E-state index contributed by atoms with van der Waals surface area (Å²) in [5.41, 5.74) is 1.87. The van der Waals surface area contributed by atoms with E-state index in [1.54, 1.807) is 35.6 Å². The average Bonchev–Trinajstić information content (AvgIpc) is 3.10. The van der Waals surface area contributed by atoms with Crippen LogP contribution in [-0.4, -0.2) is 33.8 Å². The molecule has 130 valence electrons. The number of hydroxylamine groups is 1. The Morgan fingerprint density at radius 1 is 1.12 bits per heavy atom. The van der Waals surface area contributed by atoms with Crippen LogP contribution in [0.5, 0.6) is 0 Å². The van der Waals surface area contributed by atoms with Gasteiger partial charge in [0.2, 0.25) is 0 Å². The number of carbonyl (C=O) groups excluding carboxylic acids is 2. The molecular formula is C18H18N2O4S. The molecule has 0 aliphatic carbocycles. The van der Waals surface area contributed by atoms with Gasteiger partial charge < -0.3 is 10.4 Å². The zero-order chi connectivity index (χ0) is 18.4. The van der Waals surface area contributed by atoms with Crippen molar-refractivity contribution in [3.8, 4) is 11.8 Å². The molecule has 2 aromatic rings. The molecule has 0 saturated heterocycles. The maximum Gasteiger partial charge on any atom is 0.268 e. The lowest BCUT2D eigenvalue weighted by molar-refractivity contribution is -0.136. The SMILES string of the molecule is CC(C)(O)C(NC(=O)c1ccc(C#Cc2ccsc2)cc1)C(=O)NO. The van der Waals surface area contributed by atoms with E-state index in [-0.39, 0.29) is 0 Å². The van der Waals surface area contributed by atoms with Crippen LogP contribution >= 0.6 is 11.3 Å². The summed E-state index contributed by atoms with van der Waals surface area (Å²) in [7, 11) is 0. The van der Waals surface area contributed by atoms with Crippen LogP contribution in [0, 0.1) is 11.8 Å². The number of rotatable bonds is 4. The van der Waals surface area contributed by atoms with Gasteiger partial charge in [-0.25, -0.2) is 5.48 Å². The summed E-state index contributed by atoms with van der Waals surface area (Å²) in [5.74, 6) is 4.55. The van der Waals surface area contributed by atoms with Gasteiger partial charge in [-0.05, 0) is 49.6 Å². The van der Waals surface area contributed by atoms with Crippen LogP contribution in [0.15, 0.2) is 41.1 Å². The molecule has 0 fully saturated rings. The van der Waals surface area contributed by atoms with Gasteiger partial charge in [-0.15, -0.1) is 0 Å². The smallest absolute Gasteiger partial charge is 0.268 e. The number of thiophene rings is 1. The quantitative estimate of drug-likeness (QED) is 0.378. The number of carbonyl (C=O) groups is 2. The van der Waals surface area contributed by atoms with Gasteiger partial charge >= 0.3 is 0 Å². The molecule has 4 N–H and O–H groups in total. The highest BCUT2D eigenvalue weighted by Crippen LogP contribution is 2.11. The van der Waals surface area contributed by atoms with E-state index in [1.807, 2.05) is 16.8 Å². The van der Waals surface area contributed by atoms with Crippen molar-refractivity contribution >= 4 is 23.2 Å². The predicted octanol–water partition coefficient (Wildman–Crippen LogP) is 1.52. The molecule has 1 aromatic heterocycles. The lowest BCUT2D eigenvalue weighted by Gasteiger charge is -2.28. The Balaban J connectivity index is 2.10. The van der Waals surface area contributed by atoms with Crippen LogP contribution in [0.3, 0.4) is 0 Å². The topological polar surface area (TPSA) is 98.7 Å². The van der Waals surface area contributed by atoms with E-state index in [2.05, 4.69) is 17.2 Å². The fraction of sp³-hybridized carbons (Fsp3) is 0.222. The molecule has 0 radical (unpaired) electrons. The first-order chi connectivity index (χ1) is 11.8. The highest BCUT2D eigenvalue weighted by atomic mass is 32.1. The van der Waals surface area contributed by atoms with Crippen LogP contribution < -0.4 is 10.8 Å². The number of nitrogens with one attached hydrogen (secondary N) is 2. The monoisotopic (exact) mass is 358 g/mol. The van der Waals surface area contributed by atoms with E-state index >= 15 is 0 Å². The third-order valence-corrected chi connectivity index (χ3v) is 4.06. The Labute approximate surface area is 149 Å². The minimum Gasteiger partial charge on any atom is -0.388 e. The molecule has 1 aromatic carbocycles. The molecule has 0 bridgehead atoms. The van der Waals surface area contributed by atoms with Crippen molar-refractivity contribution in [2.75, 3.05) is 0 Å². The summed E-state index contributed by atoms with van der Waals surface area (Å²) in [6, 6.07) is 7.15. The fourth-order valence-electron chi connectivity index (χ4n) is 2.03. The molecule has 25 heavy (non-hydrogen) atoms. The molecule has 0 saturated carbocycles. The van der Waals surface area contributed by atoms with Gasteiger partial charge in [0.25, 0.3) is 11.8 Å². The lowest BCUT2D eigenvalue weighted by Crippen LogP contribution is -2.57. The minimum absolute atomic E-state index is 0.307. The normalized spacial score (nSPS) is 11.8. The third kappa shape index (κ3) is 5.16. The Morgan fingerprint density at radius 3 is 2.28 bits per heavy atom. The summed E-state index contributed by atoms with van der Waals surface area (Å²) < 4.78 is 0. The lowest BCUT2D eigenvalue weighted by atomic mass is 9.97. The summed E-state index contributed by atoms with van der Waals surface area (Å²) in [5, 5.41) is 25.0. The van der Waals surface area contributed by atoms with Gasteiger partial charge in [-0.2, -0.15) is 11.3 Å². The fourth-order valence-corrected chi connectivity index (χ4v) is 2.61. The molecule has 1 unspecified atom stereocenters. The molecule has 0 aliphatic heterocycles. The summed E-state index contributed by atoms with van der Waals surface area (Å²) in [6.45, 7) is 2.71. The highest BCUT2D eigenvalue weighted by Gasteiger charge is 2.34. The summed E-state index contributed by atoms with van der Waals surface area (Å²) in [6.07, 6.45) is 0. The van der Waals surface area contributed by atoms with Crippen molar-refractivity contribution in [2.24, 2.45) is 0 Å². The minimum atomic E-state index is -1.55. The van der Waals surface area contributed by atoms with Crippen molar-refractivity contribution < 1.29 is 19.9 Å². The van der Waals surface area contributed by atoms with Gasteiger partial charge in [-0.3, -0.25) is 14.8 Å². The number of amides is 2. The summed E-state index contributed by atoms with van der Waals surface area (Å²) in [4.78, 5) is 23.9. The summed E-state index contributed by atoms with van der Waals surface area (Å²) >= 11 is 1.57. The first-order valence-electron chi connectivity index (χ1n) is 7.42. The molecule has 2 rings (SSSR count). The van der Waals surface area contributed by atoms with E-state index in [1.165, 1.54) is 19.3 Å².